The van der Waals surface area contributed by atoms with Crippen molar-refractivity contribution in [2.24, 2.45) is 0 Å². The normalized spacial score (nSPS) is 11.9. The summed E-state index contributed by atoms with van der Waals surface area (Å²) in [6.07, 6.45) is 2.38. The first-order valence-corrected chi connectivity index (χ1v) is 8.93. The third kappa shape index (κ3) is 5.22. The highest BCUT2D eigenvalue weighted by Gasteiger charge is 2.17. The maximum atomic E-state index is 12.2. The van der Waals surface area contributed by atoms with Crippen molar-refractivity contribution < 1.29 is 9.21 Å². The highest BCUT2D eigenvalue weighted by atomic mass is 35.5. The molecule has 2 aromatic carbocycles. The molecule has 3 aromatic rings. The van der Waals surface area contributed by atoms with Crippen LogP contribution in [0.15, 0.2) is 77.4 Å². The first-order chi connectivity index (χ1) is 12.7. The van der Waals surface area contributed by atoms with Gasteiger partial charge in [-0.05, 0) is 41.8 Å². The molecule has 3 rings (SSSR count). The predicted molar refractivity (Wildman–Crippen MR) is 103 cm³/mol. The third-order valence-electron chi connectivity index (χ3n) is 4.05. The monoisotopic (exact) mass is 368 g/mol. The molecule has 0 saturated heterocycles. The molecule has 1 aromatic heterocycles. The topological polar surface area (TPSA) is 54.3 Å². The first-order valence-electron chi connectivity index (χ1n) is 8.55. The zero-order chi connectivity index (χ0) is 18.2. The number of halogens is 1. The van der Waals surface area contributed by atoms with E-state index in [0.717, 1.165) is 23.3 Å². The SMILES string of the molecule is O=C(CN[C@@H](c1ccccc1)c1ccco1)NCCc1cccc(Cl)c1. The van der Waals surface area contributed by atoms with Crippen LogP contribution in [0.3, 0.4) is 0 Å². The predicted octanol–water partition coefficient (Wildman–Crippen LogP) is 3.97. The number of hydrogen-bond acceptors (Lipinski definition) is 3. The molecule has 0 aliphatic heterocycles. The van der Waals surface area contributed by atoms with Crippen LogP contribution in [0.1, 0.15) is 22.9 Å². The lowest BCUT2D eigenvalue weighted by atomic mass is 10.0. The van der Waals surface area contributed by atoms with Crippen LogP contribution in [0.25, 0.3) is 0 Å². The second kappa shape index (κ2) is 9.22. The summed E-state index contributed by atoms with van der Waals surface area (Å²) in [5.41, 5.74) is 2.15. The van der Waals surface area contributed by atoms with Crippen molar-refractivity contribution in [1.82, 2.24) is 10.6 Å². The molecule has 4 nitrogen and oxygen atoms in total. The van der Waals surface area contributed by atoms with Crippen LogP contribution in [-0.2, 0) is 11.2 Å². The van der Waals surface area contributed by atoms with E-state index in [-0.39, 0.29) is 18.5 Å². The standard InChI is InChI=1S/C21H21ClN2O2/c22-18-9-4-6-16(14-18)11-12-23-20(25)15-24-21(19-10-5-13-26-19)17-7-2-1-3-8-17/h1-10,13-14,21,24H,11-12,15H2,(H,23,25)/t21-/m0/s1. The van der Waals surface area contributed by atoms with E-state index in [4.69, 9.17) is 16.0 Å². The van der Waals surface area contributed by atoms with Crippen LogP contribution in [0.2, 0.25) is 5.02 Å². The fourth-order valence-electron chi connectivity index (χ4n) is 2.78. The molecule has 26 heavy (non-hydrogen) atoms. The van der Waals surface area contributed by atoms with Gasteiger partial charge in [-0.1, -0.05) is 54.1 Å². The van der Waals surface area contributed by atoms with E-state index in [2.05, 4.69) is 10.6 Å². The number of carbonyl (C=O) groups excluding carboxylic acids is 1. The summed E-state index contributed by atoms with van der Waals surface area (Å²) in [6, 6.07) is 21.2. The maximum Gasteiger partial charge on any atom is 0.233 e. The maximum absolute atomic E-state index is 12.2. The van der Waals surface area contributed by atoms with Gasteiger partial charge >= 0.3 is 0 Å². The van der Waals surface area contributed by atoms with Gasteiger partial charge in [0.25, 0.3) is 0 Å². The van der Waals surface area contributed by atoms with Gasteiger partial charge in [0, 0.05) is 11.6 Å². The summed E-state index contributed by atoms with van der Waals surface area (Å²) in [6.45, 7) is 0.771. The molecule has 5 heteroatoms. The molecule has 1 amide bonds. The molecule has 2 N–H and O–H groups in total. The first kappa shape index (κ1) is 18.2. The minimum absolute atomic E-state index is 0.0560. The van der Waals surface area contributed by atoms with Gasteiger partial charge in [0.05, 0.1) is 18.8 Å². The number of rotatable bonds is 8. The van der Waals surface area contributed by atoms with Crippen molar-refractivity contribution in [1.29, 1.82) is 0 Å². The van der Waals surface area contributed by atoms with E-state index in [1.165, 1.54) is 0 Å². The molecule has 0 aliphatic rings. The van der Waals surface area contributed by atoms with E-state index in [9.17, 15) is 4.79 Å². The van der Waals surface area contributed by atoms with Gasteiger partial charge in [0.15, 0.2) is 0 Å². The van der Waals surface area contributed by atoms with E-state index in [1.54, 1.807) is 6.26 Å². The summed E-state index contributed by atoms with van der Waals surface area (Å²) in [5, 5.41) is 6.90. The quantitative estimate of drug-likeness (QED) is 0.632. The minimum atomic E-state index is -0.162. The van der Waals surface area contributed by atoms with Crippen molar-refractivity contribution in [3.05, 3.63) is 94.9 Å². The molecule has 0 bridgehead atoms. The molecule has 0 spiro atoms. The van der Waals surface area contributed by atoms with Gasteiger partial charge in [-0.3, -0.25) is 10.1 Å². The second-order valence-electron chi connectivity index (χ2n) is 5.97. The average molecular weight is 369 g/mol. The Kier molecular flexibility index (Phi) is 6.47. The third-order valence-corrected chi connectivity index (χ3v) is 4.29. The van der Waals surface area contributed by atoms with Crippen molar-refractivity contribution in [2.45, 2.75) is 12.5 Å². The Labute approximate surface area is 158 Å². The molecule has 0 unspecified atom stereocenters. The number of amides is 1. The Morgan fingerprint density at radius 3 is 2.62 bits per heavy atom. The lowest BCUT2D eigenvalue weighted by molar-refractivity contribution is -0.120. The molecular weight excluding hydrogens is 348 g/mol. The Hall–Kier alpha value is -2.56. The Morgan fingerprint density at radius 2 is 1.88 bits per heavy atom. The Balaban J connectivity index is 1.51. The van der Waals surface area contributed by atoms with Crippen LogP contribution in [0.5, 0.6) is 0 Å². The molecule has 0 saturated carbocycles. The molecule has 0 fully saturated rings. The van der Waals surface area contributed by atoms with E-state index >= 15 is 0 Å². The van der Waals surface area contributed by atoms with Crippen LogP contribution >= 0.6 is 11.6 Å². The van der Waals surface area contributed by atoms with Crippen LogP contribution < -0.4 is 10.6 Å². The fraction of sp³-hybridized carbons (Fsp3) is 0.190. The van der Waals surface area contributed by atoms with Crippen molar-refractivity contribution in [3.63, 3.8) is 0 Å². The number of benzene rings is 2. The molecular formula is C21H21ClN2O2. The summed E-state index contributed by atoms with van der Waals surface area (Å²) in [4.78, 5) is 12.2. The second-order valence-corrected chi connectivity index (χ2v) is 6.41. The van der Waals surface area contributed by atoms with Gasteiger partial charge in [0.2, 0.25) is 5.91 Å². The zero-order valence-electron chi connectivity index (χ0n) is 14.3. The van der Waals surface area contributed by atoms with Crippen LogP contribution in [0, 0.1) is 0 Å². The van der Waals surface area contributed by atoms with Gasteiger partial charge in [0.1, 0.15) is 5.76 Å². The largest absolute Gasteiger partial charge is 0.467 e. The van der Waals surface area contributed by atoms with Crippen molar-refractivity contribution >= 4 is 17.5 Å². The number of furan rings is 1. The summed E-state index contributed by atoms with van der Waals surface area (Å²) in [7, 11) is 0. The zero-order valence-corrected chi connectivity index (χ0v) is 15.1. The van der Waals surface area contributed by atoms with Crippen molar-refractivity contribution in [3.8, 4) is 0 Å². The number of carbonyl (C=O) groups is 1. The van der Waals surface area contributed by atoms with Crippen LogP contribution in [-0.4, -0.2) is 19.0 Å². The highest BCUT2D eigenvalue weighted by Crippen LogP contribution is 2.21. The highest BCUT2D eigenvalue weighted by molar-refractivity contribution is 6.30. The fourth-order valence-corrected chi connectivity index (χ4v) is 2.99. The van der Waals surface area contributed by atoms with E-state index in [0.29, 0.717) is 11.6 Å². The van der Waals surface area contributed by atoms with Gasteiger partial charge in [-0.2, -0.15) is 0 Å². The Bertz CT molecular complexity index is 819. The summed E-state index contributed by atoms with van der Waals surface area (Å²) in [5.74, 6) is 0.724. The summed E-state index contributed by atoms with van der Waals surface area (Å²) < 4.78 is 5.53. The van der Waals surface area contributed by atoms with E-state index in [1.807, 2.05) is 66.7 Å². The molecule has 0 aliphatic carbocycles. The number of hydrogen-bond donors (Lipinski definition) is 2. The van der Waals surface area contributed by atoms with Gasteiger partial charge in [-0.25, -0.2) is 0 Å². The lowest BCUT2D eigenvalue weighted by Crippen LogP contribution is -2.36. The summed E-state index contributed by atoms with van der Waals surface area (Å²) >= 11 is 5.97. The van der Waals surface area contributed by atoms with Gasteiger partial charge in [-0.15, -0.1) is 0 Å². The molecule has 1 heterocycles. The van der Waals surface area contributed by atoms with Gasteiger partial charge < -0.3 is 9.73 Å². The lowest BCUT2D eigenvalue weighted by Gasteiger charge is -2.17. The minimum Gasteiger partial charge on any atom is -0.467 e. The van der Waals surface area contributed by atoms with E-state index < -0.39 is 0 Å². The Morgan fingerprint density at radius 1 is 1.04 bits per heavy atom. The molecule has 1 atom stereocenters. The van der Waals surface area contributed by atoms with Crippen molar-refractivity contribution in [2.75, 3.05) is 13.1 Å². The van der Waals surface area contributed by atoms with Crippen LogP contribution in [0.4, 0.5) is 0 Å². The average Bonchev–Trinajstić information content (AvgIpc) is 3.17. The number of nitrogens with one attached hydrogen (secondary N) is 2. The smallest absolute Gasteiger partial charge is 0.233 e. The molecule has 134 valence electrons. The molecule has 0 radical (unpaired) electrons.